The second-order valence-corrected chi connectivity index (χ2v) is 9.35. The number of fused-ring (bicyclic) bond motifs is 1. The molecule has 2 aromatic carbocycles. The summed E-state index contributed by atoms with van der Waals surface area (Å²) in [5, 5.41) is 8.32. The zero-order valence-electron chi connectivity index (χ0n) is 19.9. The van der Waals surface area contributed by atoms with Gasteiger partial charge in [0.2, 0.25) is 5.95 Å². The summed E-state index contributed by atoms with van der Waals surface area (Å²) >= 11 is 12.7. The Labute approximate surface area is 215 Å². The van der Waals surface area contributed by atoms with Crippen LogP contribution in [0.1, 0.15) is 38.2 Å². The highest BCUT2D eigenvalue weighted by Crippen LogP contribution is 2.33. The molecule has 0 aliphatic carbocycles. The molecule has 2 aromatic heterocycles. The number of benzene rings is 2. The third-order valence-corrected chi connectivity index (χ3v) is 6.55. The molecular formula is C27H29Cl2N5O. The molecular weight excluding hydrogens is 481 g/mol. The number of aromatic nitrogens is 3. The highest BCUT2D eigenvalue weighted by molar-refractivity contribution is 6.39. The molecule has 0 unspecified atom stereocenters. The van der Waals surface area contributed by atoms with Crippen molar-refractivity contribution in [3.63, 3.8) is 0 Å². The van der Waals surface area contributed by atoms with Crippen LogP contribution in [0.4, 0.5) is 11.6 Å². The average Bonchev–Trinajstić information content (AvgIpc) is 2.86. The molecule has 2 N–H and O–H groups in total. The molecule has 0 saturated carbocycles. The van der Waals surface area contributed by atoms with Crippen molar-refractivity contribution in [2.75, 3.05) is 17.2 Å². The first-order chi connectivity index (χ1) is 17.0. The smallest absolute Gasteiger partial charge is 0.259 e. The normalized spacial score (nSPS) is 11.1. The first-order valence-corrected chi connectivity index (χ1v) is 12.6. The van der Waals surface area contributed by atoms with Gasteiger partial charge in [0.1, 0.15) is 5.65 Å². The summed E-state index contributed by atoms with van der Waals surface area (Å²) in [7, 11) is 1.69. The number of aryl methyl sites for hydroxylation is 1. The van der Waals surface area contributed by atoms with Gasteiger partial charge >= 0.3 is 0 Å². The van der Waals surface area contributed by atoms with Gasteiger partial charge in [0, 0.05) is 43.0 Å². The molecule has 0 atom stereocenters. The number of hydrogen-bond acceptors (Lipinski definition) is 5. The Kier molecular flexibility index (Phi) is 8.26. The molecule has 0 fully saturated rings. The molecule has 0 spiro atoms. The van der Waals surface area contributed by atoms with Crippen LogP contribution < -0.4 is 16.2 Å². The number of nitrogens with one attached hydrogen (secondary N) is 2. The van der Waals surface area contributed by atoms with Gasteiger partial charge in [-0.3, -0.25) is 9.36 Å². The molecule has 4 aromatic rings. The summed E-state index contributed by atoms with van der Waals surface area (Å²) in [5.74, 6) is 0.453. The minimum absolute atomic E-state index is 0.227. The lowest BCUT2D eigenvalue weighted by Crippen LogP contribution is -2.20. The largest absolute Gasteiger partial charge is 0.385 e. The first-order valence-electron chi connectivity index (χ1n) is 11.9. The summed E-state index contributed by atoms with van der Waals surface area (Å²) in [5.41, 5.74) is 3.45. The van der Waals surface area contributed by atoms with Crippen molar-refractivity contribution in [2.24, 2.45) is 7.05 Å². The minimum atomic E-state index is -0.227. The lowest BCUT2D eigenvalue weighted by molar-refractivity contribution is 0.685. The van der Waals surface area contributed by atoms with Crippen molar-refractivity contribution in [2.45, 2.75) is 39.2 Å². The van der Waals surface area contributed by atoms with Gasteiger partial charge in [-0.05, 0) is 42.3 Å². The number of pyridine rings is 1. The molecule has 0 aliphatic rings. The number of nitrogens with zero attached hydrogens (tertiary/aromatic N) is 3. The second-order valence-electron chi connectivity index (χ2n) is 8.53. The van der Waals surface area contributed by atoms with E-state index in [4.69, 9.17) is 23.2 Å². The van der Waals surface area contributed by atoms with Gasteiger partial charge in [-0.2, -0.15) is 4.98 Å². The van der Waals surface area contributed by atoms with Crippen LogP contribution in [0.3, 0.4) is 0 Å². The fraction of sp³-hybridized carbons (Fsp3) is 0.296. The maximum Gasteiger partial charge on any atom is 0.259 e. The van der Waals surface area contributed by atoms with Crippen molar-refractivity contribution >= 4 is 45.9 Å². The molecule has 0 saturated heterocycles. The van der Waals surface area contributed by atoms with Crippen molar-refractivity contribution in [3.8, 4) is 11.1 Å². The fourth-order valence-corrected chi connectivity index (χ4v) is 4.62. The number of halogens is 2. The quantitative estimate of drug-likeness (QED) is 0.227. The molecule has 2 heterocycles. The molecule has 8 heteroatoms. The van der Waals surface area contributed by atoms with E-state index in [0.29, 0.717) is 39.3 Å². The fourth-order valence-electron chi connectivity index (χ4n) is 4.02. The van der Waals surface area contributed by atoms with Crippen LogP contribution in [0.2, 0.25) is 10.0 Å². The van der Waals surface area contributed by atoms with Gasteiger partial charge in [-0.15, -0.1) is 0 Å². The number of unbranched alkanes of at least 4 members (excludes halogenated alkanes) is 3. The van der Waals surface area contributed by atoms with E-state index in [-0.39, 0.29) is 5.56 Å². The van der Waals surface area contributed by atoms with E-state index >= 15 is 0 Å². The van der Waals surface area contributed by atoms with Crippen molar-refractivity contribution < 1.29 is 0 Å². The molecule has 0 aliphatic heterocycles. The summed E-state index contributed by atoms with van der Waals surface area (Å²) in [6.45, 7) is 3.76. The monoisotopic (exact) mass is 509 g/mol. The zero-order chi connectivity index (χ0) is 24.8. The Morgan fingerprint density at radius 1 is 0.971 bits per heavy atom. The Morgan fingerprint density at radius 2 is 1.74 bits per heavy atom. The third-order valence-electron chi connectivity index (χ3n) is 5.92. The van der Waals surface area contributed by atoms with Gasteiger partial charge in [-0.25, -0.2) is 4.98 Å². The van der Waals surface area contributed by atoms with Crippen molar-refractivity contribution in [1.29, 1.82) is 0 Å². The van der Waals surface area contributed by atoms with E-state index in [0.717, 1.165) is 23.2 Å². The Hall–Kier alpha value is -3.09. The lowest BCUT2D eigenvalue weighted by Gasteiger charge is -2.12. The molecule has 0 amide bonds. The van der Waals surface area contributed by atoms with Gasteiger partial charge in [0.25, 0.3) is 5.56 Å². The average molecular weight is 510 g/mol. The first kappa shape index (κ1) is 25.0. The molecule has 0 radical (unpaired) electrons. The van der Waals surface area contributed by atoms with Crippen LogP contribution in [-0.2, 0) is 13.6 Å². The van der Waals surface area contributed by atoms with Gasteiger partial charge in [0.15, 0.2) is 0 Å². The van der Waals surface area contributed by atoms with Crippen LogP contribution >= 0.6 is 23.2 Å². The van der Waals surface area contributed by atoms with Crippen molar-refractivity contribution in [3.05, 3.63) is 80.7 Å². The van der Waals surface area contributed by atoms with Crippen LogP contribution in [0, 0.1) is 0 Å². The maximum atomic E-state index is 13.1. The van der Waals surface area contributed by atoms with Gasteiger partial charge < -0.3 is 10.6 Å². The van der Waals surface area contributed by atoms with E-state index in [1.807, 2.05) is 6.07 Å². The molecule has 4 rings (SSSR count). The van der Waals surface area contributed by atoms with E-state index in [2.05, 4.69) is 45.7 Å². The summed E-state index contributed by atoms with van der Waals surface area (Å²) in [6, 6.07) is 15.2. The zero-order valence-corrected chi connectivity index (χ0v) is 21.5. The standard InChI is InChI=1S/C27H29Cl2N5O/c1-3-4-5-6-13-30-20-10-7-9-18(14-20)16-31-27-32-17-19-15-21(26(35)34(2)25(19)33-27)24-22(28)11-8-12-23(24)29/h7-12,14-15,17,30H,3-6,13,16H2,1-2H3,(H,31,32,33). The Morgan fingerprint density at radius 3 is 2.51 bits per heavy atom. The summed E-state index contributed by atoms with van der Waals surface area (Å²) in [4.78, 5) is 22.2. The second kappa shape index (κ2) is 11.6. The predicted octanol–water partition coefficient (Wildman–Crippen LogP) is 6.91. The minimum Gasteiger partial charge on any atom is -0.385 e. The predicted molar refractivity (Wildman–Crippen MR) is 147 cm³/mol. The number of hydrogen-bond donors (Lipinski definition) is 2. The van der Waals surface area contributed by atoms with Crippen LogP contribution in [0.25, 0.3) is 22.2 Å². The van der Waals surface area contributed by atoms with Crippen LogP contribution in [0.5, 0.6) is 0 Å². The Bertz CT molecular complexity index is 1370. The summed E-state index contributed by atoms with van der Waals surface area (Å²) in [6.07, 6.45) is 6.64. The third kappa shape index (κ3) is 5.95. The molecule has 6 nitrogen and oxygen atoms in total. The van der Waals surface area contributed by atoms with E-state index in [1.54, 1.807) is 37.5 Å². The van der Waals surface area contributed by atoms with E-state index in [9.17, 15) is 4.79 Å². The molecule has 182 valence electrons. The van der Waals surface area contributed by atoms with Crippen LogP contribution in [-0.4, -0.2) is 21.1 Å². The van der Waals surface area contributed by atoms with E-state index in [1.165, 1.54) is 30.3 Å². The number of rotatable bonds is 10. The highest BCUT2D eigenvalue weighted by Gasteiger charge is 2.16. The van der Waals surface area contributed by atoms with Crippen molar-refractivity contribution in [1.82, 2.24) is 14.5 Å². The van der Waals surface area contributed by atoms with Gasteiger partial charge in [-0.1, -0.05) is 67.6 Å². The topological polar surface area (TPSA) is 71.8 Å². The highest BCUT2D eigenvalue weighted by atomic mass is 35.5. The lowest BCUT2D eigenvalue weighted by atomic mass is 10.1. The van der Waals surface area contributed by atoms with E-state index < -0.39 is 0 Å². The summed E-state index contributed by atoms with van der Waals surface area (Å²) < 4.78 is 1.50. The SMILES string of the molecule is CCCCCCNc1cccc(CNc2ncc3cc(-c4c(Cl)cccc4Cl)c(=O)n(C)c3n2)c1. The maximum absolute atomic E-state index is 13.1. The Balaban J connectivity index is 1.51. The molecule has 0 bridgehead atoms. The van der Waals surface area contributed by atoms with Gasteiger partial charge in [0.05, 0.1) is 15.6 Å². The van der Waals surface area contributed by atoms with Crippen LogP contribution in [0.15, 0.2) is 59.5 Å². The molecule has 35 heavy (non-hydrogen) atoms. The number of anilines is 2.